The van der Waals surface area contributed by atoms with E-state index in [2.05, 4.69) is 24.3 Å². The van der Waals surface area contributed by atoms with Crippen molar-refractivity contribution in [3.8, 4) is 0 Å². The molecule has 0 aliphatic carbocycles. The minimum atomic E-state index is -0.194. The van der Waals surface area contributed by atoms with Crippen LogP contribution in [0.3, 0.4) is 0 Å². The maximum atomic E-state index is 9.02. The topological polar surface area (TPSA) is 20.2 Å². The standard InChI is InChI=1S/C12H16O/c1-11(13)7-5-6-10-12-8-3-2-4-9-12/h2-4,6,8-11,13H,5,7H2,1H3. The van der Waals surface area contributed by atoms with Crippen molar-refractivity contribution >= 4 is 6.08 Å². The normalized spacial score (nSPS) is 13.4. The van der Waals surface area contributed by atoms with E-state index < -0.39 is 0 Å². The van der Waals surface area contributed by atoms with Gasteiger partial charge in [-0.3, -0.25) is 0 Å². The summed E-state index contributed by atoms with van der Waals surface area (Å²) in [5.74, 6) is 0. The van der Waals surface area contributed by atoms with E-state index >= 15 is 0 Å². The Hall–Kier alpha value is -1.08. The molecule has 0 saturated heterocycles. The average Bonchev–Trinajstić information content (AvgIpc) is 2.14. The fourth-order valence-electron chi connectivity index (χ4n) is 1.12. The number of aliphatic hydroxyl groups excluding tert-OH is 1. The van der Waals surface area contributed by atoms with Gasteiger partial charge in [0.15, 0.2) is 0 Å². The van der Waals surface area contributed by atoms with Crippen LogP contribution in [0, 0.1) is 0 Å². The highest BCUT2D eigenvalue weighted by Crippen LogP contribution is 2.03. The Bertz CT molecular complexity index is 249. The smallest absolute Gasteiger partial charge is 0.0515 e. The van der Waals surface area contributed by atoms with Crippen LogP contribution in [0.1, 0.15) is 25.3 Å². The highest BCUT2D eigenvalue weighted by molar-refractivity contribution is 5.48. The summed E-state index contributed by atoms with van der Waals surface area (Å²) in [4.78, 5) is 0. The van der Waals surface area contributed by atoms with E-state index in [0.29, 0.717) is 0 Å². The highest BCUT2D eigenvalue weighted by atomic mass is 16.3. The Balaban J connectivity index is 2.33. The van der Waals surface area contributed by atoms with Crippen LogP contribution in [0.15, 0.2) is 36.4 Å². The zero-order valence-corrected chi connectivity index (χ0v) is 7.98. The van der Waals surface area contributed by atoms with Crippen LogP contribution in [0.4, 0.5) is 0 Å². The SMILES string of the molecule is CC(O)CCC=Cc1ccccc1. The number of rotatable bonds is 4. The van der Waals surface area contributed by atoms with E-state index in [9.17, 15) is 0 Å². The zero-order chi connectivity index (χ0) is 9.52. The molecule has 70 valence electrons. The fourth-order valence-corrected chi connectivity index (χ4v) is 1.12. The van der Waals surface area contributed by atoms with Gasteiger partial charge in [-0.05, 0) is 25.3 Å². The molecule has 1 N–H and O–H groups in total. The molecule has 0 bridgehead atoms. The zero-order valence-electron chi connectivity index (χ0n) is 7.98. The first-order valence-corrected chi connectivity index (χ1v) is 4.68. The number of allylic oxidation sites excluding steroid dienone is 1. The third-order valence-corrected chi connectivity index (χ3v) is 1.86. The molecule has 0 aliphatic heterocycles. The van der Waals surface area contributed by atoms with E-state index in [0.717, 1.165) is 12.8 Å². The quantitative estimate of drug-likeness (QED) is 0.748. The summed E-state index contributed by atoms with van der Waals surface area (Å²) in [6.07, 6.45) is 5.76. The lowest BCUT2D eigenvalue weighted by Gasteiger charge is -1.98. The van der Waals surface area contributed by atoms with Gasteiger partial charge in [-0.15, -0.1) is 0 Å². The molecule has 1 unspecified atom stereocenters. The molecule has 0 radical (unpaired) electrons. The summed E-state index contributed by atoms with van der Waals surface area (Å²) in [5, 5.41) is 9.02. The van der Waals surface area contributed by atoms with Crippen LogP contribution in [-0.4, -0.2) is 11.2 Å². The average molecular weight is 176 g/mol. The first-order chi connectivity index (χ1) is 6.29. The van der Waals surface area contributed by atoms with Crippen LogP contribution >= 0.6 is 0 Å². The monoisotopic (exact) mass is 176 g/mol. The van der Waals surface area contributed by atoms with Crippen molar-refractivity contribution in [1.29, 1.82) is 0 Å². The van der Waals surface area contributed by atoms with Crippen LogP contribution < -0.4 is 0 Å². The second kappa shape index (κ2) is 5.55. The summed E-state index contributed by atoms with van der Waals surface area (Å²) in [5.41, 5.74) is 1.22. The molecular formula is C12H16O. The van der Waals surface area contributed by atoms with Gasteiger partial charge in [0, 0.05) is 0 Å². The Morgan fingerprint density at radius 1 is 1.31 bits per heavy atom. The van der Waals surface area contributed by atoms with Gasteiger partial charge in [0.2, 0.25) is 0 Å². The van der Waals surface area contributed by atoms with Gasteiger partial charge in [-0.1, -0.05) is 42.5 Å². The minimum Gasteiger partial charge on any atom is -0.393 e. The van der Waals surface area contributed by atoms with Crippen molar-refractivity contribution in [3.05, 3.63) is 42.0 Å². The second-order valence-electron chi connectivity index (χ2n) is 3.24. The lowest BCUT2D eigenvalue weighted by molar-refractivity contribution is 0.186. The largest absolute Gasteiger partial charge is 0.393 e. The number of hydrogen-bond acceptors (Lipinski definition) is 1. The molecule has 0 saturated carbocycles. The second-order valence-corrected chi connectivity index (χ2v) is 3.24. The molecule has 0 aromatic heterocycles. The van der Waals surface area contributed by atoms with Crippen molar-refractivity contribution in [2.45, 2.75) is 25.9 Å². The van der Waals surface area contributed by atoms with Crippen LogP contribution in [-0.2, 0) is 0 Å². The number of benzene rings is 1. The molecule has 0 heterocycles. The molecule has 1 atom stereocenters. The van der Waals surface area contributed by atoms with Crippen molar-refractivity contribution in [2.24, 2.45) is 0 Å². The molecule has 0 spiro atoms. The molecule has 1 heteroatoms. The van der Waals surface area contributed by atoms with Gasteiger partial charge in [-0.25, -0.2) is 0 Å². The molecule has 1 rings (SSSR count). The predicted molar refractivity (Wildman–Crippen MR) is 56.4 cm³/mol. The van der Waals surface area contributed by atoms with Crippen molar-refractivity contribution in [1.82, 2.24) is 0 Å². The minimum absolute atomic E-state index is 0.194. The van der Waals surface area contributed by atoms with Crippen LogP contribution in [0.5, 0.6) is 0 Å². The van der Waals surface area contributed by atoms with Gasteiger partial charge in [0.1, 0.15) is 0 Å². The number of hydrogen-bond donors (Lipinski definition) is 1. The Labute approximate surface area is 79.7 Å². The third-order valence-electron chi connectivity index (χ3n) is 1.86. The molecule has 1 nitrogen and oxygen atoms in total. The Kier molecular flexibility index (Phi) is 4.27. The molecular weight excluding hydrogens is 160 g/mol. The third kappa shape index (κ3) is 4.48. The van der Waals surface area contributed by atoms with Crippen molar-refractivity contribution in [3.63, 3.8) is 0 Å². The fraction of sp³-hybridized carbons (Fsp3) is 0.333. The lowest BCUT2D eigenvalue weighted by Crippen LogP contribution is -1.96. The first-order valence-electron chi connectivity index (χ1n) is 4.68. The van der Waals surface area contributed by atoms with Crippen molar-refractivity contribution < 1.29 is 5.11 Å². The number of aliphatic hydroxyl groups is 1. The molecule has 0 aliphatic rings. The lowest BCUT2D eigenvalue weighted by atomic mass is 10.1. The summed E-state index contributed by atoms with van der Waals surface area (Å²) < 4.78 is 0. The summed E-state index contributed by atoms with van der Waals surface area (Å²) in [7, 11) is 0. The van der Waals surface area contributed by atoms with E-state index in [1.807, 2.05) is 25.1 Å². The van der Waals surface area contributed by atoms with E-state index in [-0.39, 0.29) is 6.10 Å². The summed E-state index contributed by atoms with van der Waals surface area (Å²) in [6.45, 7) is 1.82. The van der Waals surface area contributed by atoms with Gasteiger partial charge in [-0.2, -0.15) is 0 Å². The summed E-state index contributed by atoms with van der Waals surface area (Å²) >= 11 is 0. The van der Waals surface area contributed by atoms with E-state index in [1.165, 1.54) is 5.56 Å². The van der Waals surface area contributed by atoms with Gasteiger partial charge < -0.3 is 5.11 Å². The van der Waals surface area contributed by atoms with Gasteiger partial charge in [0.05, 0.1) is 6.10 Å². The van der Waals surface area contributed by atoms with Crippen LogP contribution in [0.25, 0.3) is 6.08 Å². The maximum absolute atomic E-state index is 9.02. The molecule has 13 heavy (non-hydrogen) atoms. The predicted octanol–water partition coefficient (Wildman–Crippen LogP) is 2.86. The van der Waals surface area contributed by atoms with Gasteiger partial charge >= 0.3 is 0 Å². The van der Waals surface area contributed by atoms with Crippen molar-refractivity contribution in [2.75, 3.05) is 0 Å². The maximum Gasteiger partial charge on any atom is 0.0515 e. The summed E-state index contributed by atoms with van der Waals surface area (Å²) in [6, 6.07) is 10.2. The van der Waals surface area contributed by atoms with Gasteiger partial charge in [0.25, 0.3) is 0 Å². The molecule has 1 aromatic carbocycles. The van der Waals surface area contributed by atoms with E-state index in [4.69, 9.17) is 5.11 Å². The Morgan fingerprint density at radius 2 is 2.00 bits per heavy atom. The first kappa shape index (κ1) is 10.0. The molecule has 0 amide bonds. The molecule has 1 aromatic rings. The van der Waals surface area contributed by atoms with Crippen LogP contribution in [0.2, 0.25) is 0 Å². The Morgan fingerprint density at radius 3 is 2.62 bits per heavy atom. The molecule has 0 fully saturated rings. The van der Waals surface area contributed by atoms with E-state index in [1.54, 1.807) is 0 Å². The highest BCUT2D eigenvalue weighted by Gasteiger charge is 1.90.